The summed E-state index contributed by atoms with van der Waals surface area (Å²) in [4.78, 5) is 0. The van der Waals surface area contributed by atoms with E-state index >= 15 is 0 Å². The third-order valence-electron chi connectivity index (χ3n) is 2.38. The van der Waals surface area contributed by atoms with Gasteiger partial charge in [0.1, 0.15) is 0 Å². The van der Waals surface area contributed by atoms with Crippen LogP contribution in [0.25, 0.3) is 0 Å². The van der Waals surface area contributed by atoms with Gasteiger partial charge >= 0.3 is 0 Å². The van der Waals surface area contributed by atoms with Gasteiger partial charge < -0.3 is 5.73 Å². The monoisotopic (exact) mass is 127 g/mol. The smallest absolute Gasteiger partial charge is 0.0154 e. The Labute approximate surface area is 57.6 Å². The van der Waals surface area contributed by atoms with Gasteiger partial charge in [0.15, 0.2) is 0 Å². The van der Waals surface area contributed by atoms with Crippen LogP contribution in [0.5, 0.6) is 0 Å². The van der Waals surface area contributed by atoms with Crippen LogP contribution in [0.3, 0.4) is 0 Å². The number of rotatable bonds is 3. The highest BCUT2D eigenvalue weighted by atomic mass is 14.8. The zero-order chi connectivity index (χ0) is 6.74. The zero-order valence-corrected chi connectivity index (χ0v) is 6.32. The third kappa shape index (κ3) is 1.68. The fourth-order valence-corrected chi connectivity index (χ4v) is 1.41. The SMILES string of the molecule is CCCCC1(N)CCC1. The average molecular weight is 127 g/mol. The Bertz CT molecular complexity index is 84.6. The van der Waals surface area contributed by atoms with Gasteiger partial charge in [0.2, 0.25) is 0 Å². The Morgan fingerprint density at radius 1 is 1.44 bits per heavy atom. The van der Waals surface area contributed by atoms with Crippen LogP contribution in [0.2, 0.25) is 0 Å². The minimum atomic E-state index is 0.274. The summed E-state index contributed by atoms with van der Waals surface area (Å²) in [7, 11) is 0. The van der Waals surface area contributed by atoms with Crippen LogP contribution in [0.1, 0.15) is 45.4 Å². The van der Waals surface area contributed by atoms with Gasteiger partial charge in [-0.2, -0.15) is 0 Å². The zero-order valence-electron chi connectivity index (χ0n) is 6.32. The van der Waals surface area contributed by atoms with Crippen LogP contribution in [0, 0.1) is 0 Å². The van der Waals surface area contributed by atoms with E-state index < -0.39 is 0 Å². The molecule has 0 atom stereocenters. The molecule has 0 aromatic carbocycles. The molecule has 0 radical (unpaired) electrons. The van der Waals surface area contributed by atoms with Gasteiger partial charge in [0, 0.05) is 5.54 Å². The molecule has 1 rings (SSSR count). The summed E-state index contributed by atoms with van der Waals surface area (Å²) in [6.45, 7) is 2.22. The molecule has 1 aliphatic rings. The largest absolute Gasteiger partial charge is 0.325 e. The lowest BCUT2D eigenvalue weighted by Gasteiger charge is -2.38. The van der Waals surface area contributed by atoms with E-state index in [0.717, 1.165) is 0 Å². The highest BCUT2D eigenvalue weighted by molar-refractivity contribution is 4.91. The Morgan fingerprint density at radius 2 is 2.11 bits per heavy atom. The normalized spacial score (nSPS) is 23.3. The minimum Gasteiger partial charge on any atom is -0.325 e. The summed E-state index contributed by atoms with van der Waals surface area (Å²) in [5.41, 5.74) is 6.26. The number of hydrogen-bond acceptors (Lipinski definition) is 1. The summed E-state index contributed by atoms with van der Waals surface area (Å²) in [6.07, 6.45) is 7.76. The molecular weight excluding hydrogens is 110 g/mol. The van der Waals surface area contributed by atoms with E-state index in [-0.39, 0.29) is 5.54 Å². The summed E-state index contributed by atoms with van der Waals surface area (Å²) >= 11 is 0. The standard InChI is InChI=1S/C8H17N/c1-2-3-5-8(9)6-4-7-8/h2-7,9H2,1H3. The highest BCUT2D eigenvalue weighted by Gasteiger charge is 2.30. The van der Waals surface area contributed by atoms with Crippen molar-refractivity contribution in [3.63, 3.8) is 0 Å². The molecule has 0 saturated heterocycles. The highest BCUT2D eigenvalue weighted by Crippen LogP contribution is 2.33. The molecule has 0 unspecified atom stereocenters. The van der Waals surface area contributed by atoms with Gasteiger partial charge in [-0.1, -0.05) is 19.8 Å². The van der Waals surface area contributed by atoms with Crippen molar-refractivity contribution in [2.45, 2.75) is 51.0 Å². The molecule has 9 heavy (non-hydrogen) atoms. The molecule has 0 spiro atoms. The number of nitrogens with two attached hydrogens (primary N) is 1. The van der Waals surface area contributed by atoms with Crippen molar-refractivity contribution in [2.24, 2.45) is 5.73 Å². The molecule has 54 valence electrons. The molecule has 1 heteroatoms. The maximum absolute atomic E-state index is 5.99. The van der Waals surface area contributed by atoms with E-state index in [2.05, 4.69) is 6.92 Å². The first-order chi connectivity index (χ1) is 4.27. The first kappa shape index (κ1) is 7.07. The molecule has 0 aromatic rings. The van der Waals surface area contributed by atoms with Gasteiger partial charge in [-0.15, -0.1) is 0 Å². The molecule has 1 aliphatic carbocycles. The molecule has 2 N–H and O–H groups in total. The Balaban J connectivity index is 2.09. The maximum Gasteiger partial charge on any atom is 0.0154 e. The van der Waals surface area contributed by atoms with E-state index in [1.54, 1.807) is 0 Å². The summed E-state index contributed by atoms with van der Waals surface area (Å²) in [5, 5.41) is 0. The summed E-state index contributed by atoms with van der Waals surface area (Å²) in [5.74, 6) is 0. The van der Waals surface area contributed by atoms with Crippen LogP contribution in [0.15, 0.2) is 0 Å². The topological polar surface area (TPSA) is 26.0 Å². The number of hydrogen-bond donors (Lipinski definition) is 1. The van der Waals surface area contributed by atoms with Crippen LogP contribution >= 0.6 is 0 Å². The molecule has 1 nitrogen and oxygen atoms in total. The predicted molar refractivity (Wildman–Crippen MR) is 40.3 cm³/mol. The Hall–Kier alpha value is -0.0400. The third-order valence-corrected chi connectivity index (χ3v) is 2.38. The fraction of sp³-hybridized carbons (Fsp3) is 1.00. The van der Waals surface area contributed by atoms with Crippen LogP contribution < -0.4 is 5.73 Å². The maximum atomic E-state index is 5.99. The van der Waals surface area contributed by atoms with Crippen molar-refractivity contribution in [2.75, 3.05) is 0 Å². The van der Waals surface area contributed by atoms with Gasteiger partial charge in [-0.25, -0.2) is 0 Å². The van der Waals surface area contributed by atoms with E-state index in [4.69, 9.17) is 5.73 Å². The molecule has 0 amide bonds. The lowest BCUT2D eigenvalue weighted by atomic mass is 9.74. The first-order valence-electron chi connectivity index (χ1n) is 4.06. The molecular formula is C8H17N. The fourth-order valence-electron chi connectivity index (χ4n) is 1.41. The predicted octanol–water partition coefficient (Wildman–Crippen LogP) is 2.06. The van der Waals surface area contributed by atoms with Crippen molar-refractivity contribution in [3.05, 3.63) is 0 Å². The van der Waals surface area contributed by atoms with E-state index in [0.29, 0.717) is 0 Å². The lowest BCUT2D eigenvalue weighted by Crippen LogP contribution is -2.46. The molecule has 1 saturated carbocycles. The van der Waals surface area contributed by atoms with Crippen molar-refractivity contribution in [3.8, 4) is 0 Å². The molecule has 1 fully saturated rings. The van der Waals surface area contributed by atoms with Gasteiger partial charge in [0.05, 0.1) is 0 Å². The molecule has 0 aromatic heterocycles. The quantitative estimate of drug-likeness (QED) is 0.617. The second kappa shape index (κ2) is 2.70. The summed E-state index contributed by atoms with van der Waals surface area (Å²) < 4.78 is 0. The van der Waals surface area contributed by atoms with Gasteiger partial charge in [-0.3, -0.25) is 0 Å². The Kier molecular flexibility index (Phi) is 2.12. The van der Waals surface area contributed by atoms with Crippen LogP contribution in [-0.4, -0.2) is 5.54 Å². The van der Waals surface area contributed by atoms with Crippen molar-refractivity contribution < 1.29 is 0 Å². The van der Waals surface area contributed by atoms with E-state index in [9.17, 15) is 0 Å². The van der Waals surface area contributed by atoms with E-state index in [1.165, 1.54) is 38.5 Å². The summed E-state index contributed by atoms with van der Waals surface area (Å²) in [6, 6.07) is 0. The van der Waals surface area contributed by atoms with Crippen molar-refractivity contribution in [1.82, 2.24) is 0 Å². The van der Waals surface area contributed by atoms with E-state index in [1.807, 2.05) is 0 Å². The average Bonchev–Trinajstić information content (AvgIpc) is 1.79. The number of unbranched alkanes of at least 4 members (excludes halogenated alkanes) is 1. The molecule has 0 heterocycles. The van der Waals surface area contributed by atoms with Crippen LogP contribution in [-0.2, 0) is 0 Å². The minimum absolute atomic E-state index is 0.274. The molecule has 0 aliphatic heterocycles. The van der Waals surface area contributed by atoms with Gasteiger partial charge in [0.25, 0.3) is 0 Å². The second-order valence-corrected chi connectivity index (χ2v) is 3.32. The van der Waals surface area contributed by atoms with Crippen LogP contribution in [0.4, 0.5) is 0 Å². The Morgan fingerprint density at radius 3 is 2.44 bits per heavy atom. The second-order valence-electron chi connectivity index (χ2n) is 3.32. The van der Waals surface area contributed by atoms with Gasteiger partial charge in [-0.05, 0) is 25.7 Å². The first-order valence-corrected chi connectivity index (χ1v) is 4.06. The van der Waals surface area contributed by atoms with Crippen molar-refractivity contribution in [1.29, 1.82) is 0 Å². The van der Waals surface area contributed by atoms with Crippen molar-refractivity contribution >= 4 is 0 Å². The molecule has 0 bridgehead atoms. The lowest BCUT2D eigenvalue weighted by molar-refractivity contribution is 0.226.